The van der Waals surface area contributed by atoms with Crippen molar-refractivity contribution in [3.8, 4) is 0 Å². The highest BCUT2D eigenvalue weighted by Crippen LogP contribution is 2.10. The summed E-state index contributed by atoms with van der Waals surface area (Å²) in [6.45, 7) is 4.16. The molecule has 0 fully saturated rings. The summed E-state index contributed by atoms with van der Waals surface area (Å²) in [6, 6.07) is 0. The van der Waals surface area contributed by atoms with Crippen molar-refractivity contribution in [1.82, 2.24) is 5.32 Å². The maximum Gasteiger partial charge on any atom is 0.291 e. The van der Waals surface area contributed by atoms with Crippen LogP contribution < -0.4 is 5.32 Å². The minimum absolute atomic E-state index is 0.0278. The summed E-state index contributed by atoms with van der Waals surface area (Å²) < 4.78 is 0. The molecule has 0 rings (SSSR count). The molecule has 0 saturated carbocycles. The van der Waals surface area contributed by atoms with E-state index in [1.165, 1.54) is 0 Å². The monoisotopic (exact) mass is 129 g/mol. The van der Waals surface area contributed by atoms with Gasteiger partial charge in [-0.3, -0.25) is 0 Å². The lowest BCUT2D eigenvalue weighted by atomic mass is 9.68. The van der Waals surface area contributed by atoms with Crippen LogP contribution in [0.5, 0.6) is 0 Å². The third-order valence-electron chi connectivity index (χ3n) is 2.19. The van der Waals surface area contributed by atoms with Crippen molar-refractivity contribution in [2.75, 3.05) is 7.05 Å². The van der Waals surface area contributed by atoms with Gasteiger partial charge in [0.2, 0.25) is 0 Å². The van der Waals surface area contributed by atoms with Gasteiger partial charge >= 0.3 is 0 Å². The molecule has 0 unspecified atom stereocenters. The average Bonchev–Trinajstić information content (AvgIpc) is 1.95. The summed E-state index contributed by atoms with van der Waals surface area (Å²) >= 11 is 0. The summed E-state index contributed by atoms with van der Waals surface area (Å²) in [4.78, 5) is 0. The Labute approximate surface area is 57.9 Å². The molecule has 0 atom stereocenters. The molecule has 0 saturated heterocycles. The molecule has 0 aliphatic carbocycles. The fraction of sp³-hybridized carbons (Fsp3) is 1.00. The van der Waals surface area contributed by atoms with Crippen LogP contribution in [0.4, 0.5) is 0 Å². The van der Waals surface area contributed by atoms with E-state index in [0.29, 0.717) is 0 Å². The molecule has 3 heteroatoms. The van der Waals surface area contributed by atoms with Gasteiger partial charge in [0.25, 0.3) is 7.48 Å². The maximum atomic E-state index is 8.91. The quantitative estimate of drug-likeness (QED) is 0.526. The molecule has 2 nitrogen and oxygen atoms in total. The minimum atomic E-state index is -0.0278. The zero-order valence-electron chi connectivity index (χ0n) is 6.57. The van der Waals surface area contributed by atoms with Crippen molar-refractivity contribution in [3.63, 3.8) is 0 Å². The highest BCUT2D eigenvalue weighted by atomic mass is 16.2. The molecule has 0 radical (unpaired) electrons. The SMILES string of the molecule is CCC(BO)(CC)NC. The Morgan fingerprint density at radius 1 is 1.44 bits per heavy atom. The number of nitrogens with one attached hydrogen (secondary N) is 1. The van der Waals surface area contributed by atoms with E-state index < -0.39 is 0 Å². The Balaban J connectivity index is 3.82. The van der Waals surface area contributed by atoms with Crippen LogP contribution >= 0.6 is 0 Å². The number of rotatable bonds is 4. The Morgan fingerprint density at radius 2 is 1.89 bits per heavy atom. The lowest BCUT2D eigenvalue weighted by Crippen LogP contribution is -2.47. The standard InChI is InChI=1S/C6H16BNO/c1-4-6(5-2,7-9)8-3/h7-9H,4-5H2,1-3H3. The van der Waals surface area contributed by atoms with Crippen LogP contribution in [-0.2, 0) is 0 Å². The van der Waals surface area contributed by atoms with Gasteiger partial charge in [-0.25, -0.2) is 0 Å². The Kier molecular flexibility index (Phi) is 3.90. The van der Waals surface area contributed by atoms with Gasteiger partial charge in [-0.05, 0) is 19.9 Å². The zero-order chi connectivity index (χ0) is 7.33. The molecule has 0 aromatic carbocycles. The van der Waals surface area contributed by atoms with Gasteiger partial charge in [0.15, 0.2) is 0 Å². The molecule has 54 valence electrons. The summed E-state index contributed by atoms with van der Waals surface area (Å²) in [7, 11) is 2.12. The van der Waals surface area contributed by atoms with E-state index in [-0.39, 0.29) is 12.9 Å². The fourth-order valence-corrected chi connectivity index (χ4v) is 0.906. The van der Waals surface area contributed by atoms with Crippen LogP contribution in [-0.4, -0.2) is 25.0 Å². The van der Waals surface area contributed by atoms with Gasteiger partial charge in [0, 0.05) is 5.44 Å². The fourth-order valence-electron chi connectivity index (χ4n) is 0.906. The van der Waals surface area contributed by atoms with Crippen molar-refractivity contribution < 1.29 is 5.02 Å². The summed E-state index contributed by atoms with van der Waals surface area (Å²) in [5.74, 6) is 0. The lowest BCUT2D eigenvalue weighted by molar-refractivity contribution is 0.409. The van der Waals surface area contributed by atoms with Crippen LogP contribution in [0.15, 0.2) is 0 Å². The summed E-state index contributed by atoms with van der Waals surface area (Å²) in [5, 5.41) is 12.0. The van der Waals surface area contributed by atoms with Gasteiger partial charge in [0.1, 0.15) is 0 Å². The Hall–Kier alpha value is -0.0151. The molecule has 0 amide bonds. The van der Waals surface area contributed by atoms with Crippen LogP contribution in [0.3, 0.4) is 0 Å². The second-order valence-electron chi connectivity index (χ2n) is 2.40. The van der Waals surface area contributed by atoms with E-state index in [1.54, 1.807) is 0 Å². The highest BCUT2D eigenvalue weighted by Gasteiger charge is 2.23. The maximum absolute atomic E-state index is 8.91. The second kappa shape index (κ2) is 3.91. The first-order valence-corrected chi connectivity index (χ1v) is 3.54. The van der Waals surface area contributed by atoms with E-state index in [1.807, 2.05) is 7.05 Å². The van der Waals surface area contributed by atoms with Crippen molar-refractivity contribution in [2.24, 2.45) is 0 Å². The molecule has 9 heavy (non-hydrogen) atoms. The van der Waals surface area contributed by atoms with Crippen LogP contribution in [0, 0.1) is 0 Å². The molecule has 2 N–H and O–H groups in total. The molecular formula is C6H16BNO. The molecule has 0 spiro atoms. The first-order valence-electron chi connectivity index (χ1n) is 3.54. The second-order valence-corrected chi connectivity index (χ2v) is 2.40. The van der Waals surface area contributed by atoms with Gasteiger partial charge in [0.05, 0.1) is 0 Å². The molecule has 0 bridgehead atoms. The highest BCUT2D eigenvalue weighted by molar-refractivity contribution is 6.30. The molecule has 0 aromatic rings. The largest absolute Gasteiger partial charge is 0.452 e. The molecule has 0 aromatic heterocycles. The van der Waals surface area contributed by atoms with E-state index in [9.17, 15) is 0 Å². The van der Waals surface area contributed by atoms with E-state index in [0.717, 1.165) is 12.8 Å². The molecule has 0 aliphatic heterocycles. The Bertz CT molecular complexity index is 55.9. The normalized spacial score (nSPS) is 11.6. The molecule has 0 heterocycles. The third kappa shape index (κ3) is 1.99. The van der Waals surface area contributed by atoms with Crippen molar-refractivity contribution in [3.05, 3.63) is 0 Å². The van der Waals surface area contributed by atoms with Gasteiger partial charge in [-0.2, -0.15) is 0 Å². The first-order chi connectivity index (χ1) is 4.24. The lowest BCUT2D eigenvalue weighted by Gasteiger charge is -2.27. The van der Waals surface area contributed by atoms with Gasteiger partial charge in [-0.15, -0.1) is 0 Å². The third-order valence-corrected chi connectivity index (χ3v) is 2.19. The van der Waals surface area contributed by atoms with E-state index in [2.05, 4.69) is 19.2 Å². The van der Waals surface area contributed by atoms with Crippen LogP contribution in [0.25, 0.3) is 0 Å². The molecular weight excluding hydrogens is 113 g/mol. The smallest absolute Gasteiger partial charge is 0.291 e. The van der Waals surface area contributed by atoms with Crippen molar-refractivity contribution >= 4 is 7.48 Å². The molecule has 0 aliphatic rings. The van der Waals surface area contributed by atoms with Crippen molar-refractivity contribution in [1.29, 1.82) is 0 Å². The van der Waals surface area contributed by atoms with Gasteiger partial charge < -0.3 is 10.3 Å². The van der Waals surface area contributed by atoms with Crippen LogP contribution in [0.2, 0.25) is 0 Å². The zero-order valence-corrected chi connectivity index (χ0v) is 6.57. The van der Waals surface area contributed by atoms with E-state index in [4.69, 9.17) is 5.02 Å². The topological polar surface area (TPSA) is 32.3 Å². The number of hydrogen-bond acceptors (Lipinski definition) is 2. The summed E-state index contributed by atoms with van der Waals surface area (Å²) in [6.07, 6.45) is 1.97. The van der Waals surface area contributed by atoms with Crippen molar-refractivity contribution in [2.45, 2.75) is 32.1 Å². The van der Waals surface area contributed by atoms with Gasteiger partial charge in [-0.1, -0.05) is 13.8 Å². The summed E-state index contributed by atoms with van der Waals surface area (Å²) in [5.41, 5.74) is -0.0278. The predicted molar refractivity (Wildman–Crippen MR) is 41.7 cm³/mol. The Morgan fingerprint density at radius 3 is 1.89 bits per heavy atom. The van der Waals surface area contributed by atoms with E-state index >= 15 is 0 Å². The minimum Gasteiger partial charge on any atom is -0.452 e. The number of hydrogen-bond donors (Lipinski definition) is 2. The first kappa shape index (κ1) is 8.98. The predicted octanol–water partition coefficient (Wildman–Crippen LogP) is 0.0659. The average molecular weight is 129 g/mol. The van der Waals surface area contributed by atoms with Crippen LogP contribution in [0.1, 0.15) is 26.7 Å².